The second-order valence-electron chi connectivity index (χ2n) is 11.4. The standard InChI is InChI=1S/C31H46O6/c1-9-31(10-2,24-12-14-27(21(4)16-24)37-19-28(33)30(6,7)8)23-11-13-26(20(3)15-23)36-18-25(32)17-22(5)29(34)35/h11-16,22,25,28,32-33H,9-10,17-19H2,1-8H3,(H,34,35). The molecule has 3 N–H and O–H groups in total. The summed E-state index contributed by atoms with van der Waals surface area (Å²) in [6, 6.07) is 12.5. The summed E-state index contributed by atoms with van der Waals surface area (Å²) in [6.07, 6.45) is 0.579. The predicted molar refractivity (Wildman–Crippen MR) is 148 cm³/mol. The average Bonchev–Trinajstić information content (AvgIpc) is 2.83. The predicted octanol–water partition coefficient (Wildman–Crippen LogP) is 6.05. The van der Waals surface area contributed by atoms with Gasteiger partial charge in [0.1, 0.15) is 24.7 Å². The van der Waals surface area contributed by atoms with Gasteiger partial charge in [-0.15, -0.1) is 0 Å². The summed E-state index contributed by atoms with van der Waals surface area (Å²) in [6.45, 7) is 16.3. The van der Waals surface area contributed by atoms with E-state index < -0.39 is 24.1 Å². The zero-order chi connectivity index (χ0) is 28.0. The number of aliphatic hydroxyl groups is 2. The quantitative estimate of drug-likeness (QED) is 0.301. The van der Waals surface area contributed by atoms with E-state index in [-0.39, 0.29) is 30.5 Å². The lowest BCUT2D eigenvalue weighted by molar-refractivity contribution is -0.142. The largest absolute Gasteiger partial charge is 0.491 e. The summed E-state index contributed by atoms with van der Waals surface area (Å²) in [7, 11) is 0. The highest BCUT2D eigenvalue weighted by atomic mass is 16.5. The molecule has 0 spiro atoms. The van der Waals surface area contributed by atoms with E-state index in [0.717, 1.165) is 29.7 Å². The Labute approximate surface area is 222 Å². The average molecular weight is 515 g/mol. The number of hydrogen-bond acceptors (Lipinski definition) is 5. The molecule has 6 nitrogen and oxygen atoms in total. The summed E-state index contributed by atoms with van der Waals surface area (Å²) in [5, 5.41) is 29.6. The van der Waals surface area contributed by atoms with Crippen molar-refractivity contribution in [2.24, 2.45) is 11.3 Å². The van der Waals surface area contributed by atoms with E-state index in [4.69, 9.17) is 14.6 Å². The summed E-state index contributed by atoms with van der Waals surface area (Å²) in [5.74, 6) is -0.0823. The second-order valence-corrected chi connectivity index (χ2v) is 11.4. The van der Waals surface area contributed by atoms with Gasteiger partial charge in [0.2, 0.25) is 0 Å². The van der Waals surface area contributed by atoms with Crippen LogP contribution in [0.25, 0.3) is 0 Å². The summed E-state index contributed by atoms with van der Waals surface area (Å²) in [4.78, 5) is 11.0. The van der Waals surface area contributed by atoms with Gasteiger partial charge in [-0.3, -0.25) is 4.79 Å². The van der Waals surface area contributed by atoms with Crippen LogP contribution in [-0.2, 0) is 10.2 Å². The van der Waals surface area contributed by atoms with E-state index in [1.165, 1.54) is 11.1 Å². The summed E-state index contributed by atoms with van der Waals surface area (Å²) < 4.78 is 11.8. The van der Waals surface area contributed by atoms with Gasteiger partial charge in [-0.05, 0) is 72.9 Å². The molecule has 37 heavy (non-hydrogen) atoms. The zero-order valence-electron chi connectivity index (χ0n) is 23.8. The molecule has 206 valence electrons. The first-order valence-corrected chi connectivity index (χ1v) is 13.3. The SMILES string of the molecule is CCC(CC)(c1ccc(OCC(O)CC(C)C(=O)O)c(C)c1)c1ccc(OCC(O)C(C)(C)C)c(C)c1. The van der Waals surface area contributed by atoms with Gasteiger partial charge in [0.05, 0.1) is 18.1 Å². The number of hydrogen-bond donors (Lipinski definition) is 3. The van der Waals surface area contributed by atoms with Crippen LogP contribution in [0.5, 0.6) is 11.5 Å². The molecule has 0 amide bonds. The fraction of sp³-hybridized carbons (Fsp3) is 0.581. The third-order valence-corrected chi connectivity index (χ3v) is 7.54. The number of aryl methyl sites for hydroxylation is 2. The van der Waals surface area contributed by atoms with Gasteiger partial charge in [-0.25, -0.2) is 0 Å². The van der Waals surface area contributed by atoms with Crippen LogP contribution in [0.2, 0.25) is 0 Å². The molecular formula is C31H46O6. The molecule has 0 aliphatic heterocycles. The Balaban J connectivity index is 2.23. The molecule has 2 aromatic carbocycles. The number of rotatable bonds is 13. The minimum atomic E-state index is -0.924. The monoisotopic (exact) mass is 514 g/mol. The molecule has 2 rings (SSSR count). The van der Waals surface area contributed by atoms with Crippen molar-refractivity contribution in [3.8, 4) is 11.5 Å². The van der Waals surface area contributed by atoms with E-state index in [9.17, 15) is 15.0 Å². The second kappa shape index (κ2) is 12.8. The van der Waals surface area contributed by atoms with Crippen molar-refractivity contribution in [3.63, 3.8) is 0 Å². The molecule has 0 aliphatic rings. The van der Waals surface area contributed by atoms with Crippen LogP contribution in [0.4, 0.5) is 0 Å². The number of aliphatic carboxylic acids is 1. The van der Waals surface area contributed by atoms with Gasteiger partial charge in [0.25, 0.3) is 0 Å². The Morgan fingerprint density at radius 3 is 1.70 bits per heavy atom. The van der Waals surface area contributed by atoms with Crippen LogP contribution in [-0.4, -0.2) is 46.7 Å². The molecule has 0 fully saturated rings. The van der Waals surface area contributed by atoms with Gasteiger partial charge in [0.15, 0.2) is 0 Å². The lowest BCUT2D eigenvalue weighted by Crippen LogP contribution is -2.32. The van der Waals surface area contributed by atoms with Gasteiger partial charge in [0, 0.05) is 5.41 Å². The fourth-order valence-electron chi connectivity index (χ4n) is 4.63. The topological polar surface area (TPSA) is 96.2 Å². The van der Waals surface area contributed by atoms with Crippen molar-refractivity contribution >= 4 is 5.97 Å². The molecule has 3 unspecified atom stereocenters. The van der Waals surface area contributed by atoms with Crippen LogP contribution in [0.15, 0.2) is 36.4 Å². The Morgan fingerprint density at radius 2 is 1.32 bits per heavy atom. The summed E-state index contributed by atoms with van der Waals surface area (Å²) in [5.41, 5.74) is 3.98. The molecule has 0 saturated heterocycles. The highest BCUT2D eigenvalue weighted by Crippen LogP contribution is 2.41. The normalized spacial score (nSPS) is 14.6. The Kier molecular flexibility index (Phi) is 10.6. The first-order valence-electron chi connectivity index (χ1n) is 13.3. The zero-order valence-corrected chi connectivity index (χ0v) is 23.8. The van der Waals surface area contributed by atoms with Crippen molar-refractivity contribution in [2.75, 3.05) is 13.2 Å². The van der Waals surface area contributed by atoms with E-state index in [0.29, 0.717) is 5.75 Å². The van der Waals surface area contributed by atoms with E-state index in [1.54, 1.807) is 6.92 Å². The molecule has 0 radical (unpaired) electrons. The third-order valence-electron chi connectivity index (χ3n) is 7.54. The van der Waals surface area contributed by atoms with Crippen molar-refractivity contribution in [2.45, 2.75) is 92.3 Å². The van der Waals surface area contributed by atoms with Gasteiger partial charge < -0.3 is 24.8 Å². The van der Waals surface area contributed by atoms with Crippen molar-refractivity contribution in [1.82, 2.24) is 0 Å². The lowest BCUT2D eigenvalue weighted by Gasteiger charge is -2.34. The highest BCUT2D eigenvalue weighted by molar-refractivity contribution is 5.69. The van der Waals surface area contributed by atoms with Crippen LogP contribution < -0.4 is 9.47 Å². The van der Waals surface area contributed by atoms with Gasteiger partial charge in [-0.2, -0.15) is 0 Å². The van der Waals surface area contributed by atoms with Crippen molar-refractivity contribution in [1.29, 1.82) is 0 Å². The molecular weight excluding hydrogens is 468 g/mol. The molecule has 0 aliphatic carbocycles. The first-order chi connectivity index (χ1) is 17.2. The van der Waals surface area contributed by atoms with E-state index >= 15 is 0 Å². The maximum absolute atomic E-state index is 11.0. The van der Waals surface area contributed by atoms with E-state index in [1.807, 2.05) is 46.8 Å². The lowest BCUT2D eigenvalue weighted by atomic mass is 9.70. The molecule has 0 heterocycles. The number of carboxylic acids is 1. The first kappa shape index (κ1) is 30.7. The van der Waals surface area contributed by atoms with E-state index in [2.05, 4.69) is 38.1 Å². The molecule has 0 saturated carbocycles. The number of aliphatic hydroxyl groups excluding tert-OH is 2. The maximum Gasteiger partial charge on any atom is 0.306 e. The Hall–Kier alpha value is -2.57. The number of ether oxygens (including phenoxy) is 2. The van der Waals surface area contributed by atoms with Gasteiger partial charge >= 0.3 is 5.97 Å². The van der Waals surface area contributed by atoms with Crippen LogP contribution in [0.1, 0.15) is 83.1 Å². The number of carboxylic acid groups (broad SMARTS) is 1. The van der Waals surface area contributed by atoms with Crippen LogP contribution in [0, 0.1) is 25.2 Å². The van der Waals surface area contributed by atoms with Gasteiger partial charge in [-0.1, -0.05) is 65.8 Å². The molecule has 0 aromatic heterocycles. The van der Waals surface area contributed by atoms with Crippen molar-refractivity contribution in [3.05, 3.63) is 58.7 Å². The fourth-order valence-corrected chi connectivity index (χ4v) is 4.63. The van der Waals surface area contributed by atoms with Crippen LogP contribution in [0.3, 0.4) is 0 Å². The maximum atomic E-state index is 11.0. The van der Waals surface area contributed by atoms with Crippen LogP contribution >= 0.6 is 0 Å². The Bertz CT molecular complexity index is 1030. The third kappa shape index (κ3) is 7.71. The number of carbonyl (C=O) groups is 1. The smallest absolute Gasteiger partial charge is 0.306 e. The molecule has 2 aromatic rings. The molecule has 3 atom stereocenters. The highest BCUT2D eigenvalue weighted by Gasteiger charge is 2.32. The van der Waals surface area contributed by atoms with Crippen molar-refractivity contribution < 1.29 is 29.6 Å². The Morgan fingerprint density at radius 1 is 0.865 bits per heavy atom. The minimum Gasteiger partial charge on any atom is -0.491 e. The molecule has 0 bridgehead atoms. The minimum absolute atomic E-state index is 0.0507. The number of benzene rings is 2. The molecule has 6 heteroatoms. The summed E-state index contributed by atoms with van der Waals surface area (Å²) >= 11 is 0.